The number of nitrogens with two attached hydrogens (primary N) is 1. The van der Waals surface area contributed by atoms with E-state index in [1.807, 2.05) is 17.0 Å². The Labute approximate surface area is 307 Å². The molecule has 4 rings (SSSR count). The maximum atomic E-state index is 12.2. The van der Waals surface area contributed by atoms with Crippen LogP contribution in [0.25, 0.3) is 21.9 Å². The first-order valence-electron chi connectivity index (χ1n) is 19.4. The van der Waals surface area contributed by atoms with Crippen LogP contribution in [0, 0.1) is 5.41 Å². The predicted molar refractivity (Wildman–Crippen MR) is 212 cm³/mol. The van der Waals surface area contributed by atoms with Gasteiger partial charge in [0.25, 0.3) is 0 Å². The number of carbonyl (C=O) groups is 3. The Kier molecular flexibility index (Phi) is 20.4. The largest absolute Gasteiger partial charge is 0.382 e. The van der Waals surface area contributed by atoms with E-state index in [1.54, 1.807) is 7.05 Å². The molecule has 51 heavy (non-hydrogen) atoms. The van der Waals surface area contributed by atoms with Gasteiger partial charge in [-0.25, -0.2) is 9.97 Å². The van der Waals surface area contributed by atoms with Gasteiger partial charge in [-0.3, -0.25) is 14.5 Å². The number of amides is 2. The Morgan fingerprint density at radius 3 is 2.27 bits per heavy atom. The lowest BCUT2D eigenvalue weighted by molar-refractivity contribution is -0.133. The van der Waals surface area contributed by atoms with Crippen molar-refractivity contribution >= 4 is 46.4 Å². The number of aldehydes is 1. The highest BCUT2D eigenvalue weighted by Gasteiger charge is 2.22. The lowest BCUT2D eigenvalue weighted by atomic mass is 9.86. The number of nitrogens with one attached hydrogen (secondary N) is 2. The van der Waals surface area contributed by atoms with Crippen molar-refractivity contribution in [2.45, 2.75) is 125 Å². The molecule has 1 aliphatic rings. The number of carbonyl (C=O) groups excluding carboxylic acids is 3. The van der Waals surface area contributed by atoms with Crippen LogP contribution in [0.5, 0.6) is 0 Å². The molecule has 1 saturated heterocycles. The third-order valence-electron chi connectivity index (χ3n) is 9.86. The molecule has 0 radical (unpaired) electrons. The van der Waals surface area contributed by atoms with Crippen molar-refractivity contribution in [2.75, 3.05) is 52.0 Å². The van der Waals surface area contributed by atoms with Gasteiger partial charge < -0.3 is 30.6 Å². The van der Waals surface area contributed by atoms with Crippen molar-refractivity contribution < 1.29 is 14.4 Å². The molecule has 2 amide bonds. The van der Waals surface area contributed by atoms with Gasteiger partial charge in [0.15, 0.2) is 5.82 Å². The molecular weight excluding hydrogens is 640 g/mol. The van der Waals surface area contributed by atoms with Gasteiger partial charge in [-0.2, -0.15) is 0 Å². The number of para-hydroxylation sites is 1. The Balaban J connectivity index is 0.000000372. The average molecular weight is 709 g/mol. The van der Waals surface area contributed by atoms with Crippen LogP contribution in [0.3, 0.4) is 0 Å². The van der Waals surface area contributed by atoms with E-state index in [2.05, 4.69) is 78.8 Å². The highest BCUT2D eigenvalue weighted by atomic mass is 16.2. The molecule has 4 N–H and O–H groups in total. The molecule has 11 heteroatoms. The van der Waals surface area contributed by atoms with Crippen LogP contribution in [0.4, 0.5) is 5.82 Å². The number of benzene rings is 1. The number of hydrogen-bond acceptors (Lipinski definition) is 8. The van der Waals surface area contributed by atoms with Crippen LogP contribution in [-0.4, -0.2) is 95.3 Å². The number of pyridine rings is 1. The minimum absolute atomic E-state index is 0.0405. The monoisotopic (exact) mass is 709 g/mol. The lowest BCUT2D eigenvalue weighted by Crippen LogP contribution is -2.49. The molecule has 3 heterocycles. The van der Waals surface area contributed by atoms with Gasteiger partial charge in [0.1, 0.15) is 17.6 Å². The Hall–Kier alpha value is -3.57. The first-order valence-corrected chi connectivity index (χ1v) is 19.4. The van der Waals surface area contributed by atoms with E-state index in [4.69, 9.17) is 10.7 Å². The Bertz CT molecular complexity index is 1450. The molecule has 0 saturated carbocycles. The number of fused-ring (bicyclic) bond motifs is 3. The number of hydrogen-bond donors (Lipinski definition) is 3. The fraction of sp³-hybridized carbons (Fsp3) is 0.675. The van der Waals surface area contributed by atoms with Gasteiger partial charge in [-0.15, -0.1) is 0 Å². The standard InChI is InChI=1S/C24H34N6O.C8H16N2O2.C8H18/c1-3-5-11-20-27-22-23(18-9-6-7-10-19(18)26-24(22)25)30(20)17-14-28-12-15-29(16-13-28)21(31)8-4-2;1-9-8(6-11)4-2-3-5-10-7-12;1-5-7-8(3,4)6-2/h6-7,9-10H,3-5,8,11-17H2,1-2H3,(H2,25,26);6-9H,2-5H2,1H3,(H,10,12);5-7H2,1-4H3. The van der Waals surface area contributed by atoms with Gasteiger partial charge in [-0.1, -0.05) is 79.0 Å². The maximum absolute atomic E-state index is 12.2. The van der Waals surface area contributed by atoms with Crippen LogP contribution >= 0.6 is 0 Å². The number of aryl methyl sites for hydroxylation is 1. The second-order valence-corrected chi connectivity index (χ2v) is 14.3. The summed E-state index contributed by atoms with van der Waals surface area (Å²) < 4.78 is 2.36. The summed E-state index contributed by atoms with van der Waals surface area (Å²) in [5.74, 6) is 1.89. The molecule has 0 bridgehead atoms. The number of unbranched alkanes of at least 4 members (excludes halogenated alkanes) is 2. The van der Waals surface area contributed by atoms with Crippen molar-refractivity contribution in [3.63, 3.8) is 0 Å². The fourth-order valence-corrected chi connectivity index (χ4v) is 6.29. The lowest BCUT2D eigenvalue weighted by Gasteiger charge is -2.35. The minimum atomic E-state index is -0.0405. The van der Waals surface area contributed by atoms with Crippen molar-refractivity contribution in [3.05, 3.63) is 30.1 Å². The number of nitrogen functional groups attached to an aromatic ring is 1. The van der Waals surface area contributed by atoms with Crippen LogP contribution in [0.2, 0.25) is 0 Å². The van der Waals surface area contributed by atoms with E-state index in [0.717, 1.165) is 118 Å². The van der Waals surface area contributed by atoms with Crippen molar-refractivity contribution in [1.82, 2.24) is 35.0 Å². The minimum Gasteiger partial charge on any atom is -0.382 e. The molecular formula is C40H68N8O3. The van der Waals surface area contributed by atoms with E-state index in [1.165, 1.54) is 19.3 Å². The van der Waals surface area contributed by atoms with E-state index >= 15 is 0 Å². The number of anilines is 1. The molecule has 0 spiro atoms. The van der Waals surface area contributed by atoms with Gasteiger partial charge in [0.2, 0.25) is 12.3 Å². The summed E-state index contributed by atoms with van der Waals surface area (Å²) in [5, 5.41) is 6.56. The number of imidazole rings is 1. The van der Waals surface area contributed by atoms with E-state index in [-0.39, 0.29) is 6.04 Å². The van der Waals surface area contributed by atoms with Crippen LogP contribution in [-0.2, 0) is 27.3 Å². The summed E-state index contributed by atoms with van der Waals surface area (Å²) in [4.78, 5) is 46.3. The summed E-state index contributed by atoms with van der Waals surface area (Å²) in [6, 6.07) is 8.14. The molecule has 0 aliphatic carbocycles. The topological polar surface area (TPSA) is 138 Å². The third kappa shape index (κ3) is 14.5. The molecule has 11 nitrogen and oxygen atoms in total. The highest BCUT2D eigenvalue weighted by Crippen LogP contribution is 2.29. The zero-order valence-electron chi connectivity index (χ0n) is 32.8. The molecule has 1 atom stereocenters. The zero-order chi connectivity index (χ0) is 37.6. The smallest absolute Gasteiger partial charge is 0.222 e. The number of piperazine rings is 1. The Morgan fingerprint density at radius 2 is 1.69 bits per heavy atom. The highest BCUT2D eigenvalue weighted by molar-refractivity contribution is 6.06. The van der Waals surface area contributed by atoms with Crippen LogP contribution < -0.4 is 16.4 Å². The summed E-state index contributed by atoms with van der Waals surface area (Å²) >= 11 is 0. The summed E-state index contributed by atoms with van der Waals surface area (Å²) in [5.41, 5.74) is 9.74. The first-order chi connectivity index (χ1) is 24.6. The van der Waals surface area contributed by atoms with Gasteiger partial charge in [0.05, 0.1) is 17.1 Å². The van der Waals surface area contributed by atoms with Crippen LogP contribution in [0.1, 0.15) is 112 Å². The molecule has 1 aromatic carbocycles. The summed E-state index contributed by atoms with van der Waals surface area (Å²) in [6.07, 6.45) is 13.0. The molecule has 1 unspecified atom stereocenters. The van der Waals surface area contributed by atoms with E-state index < -0.39 is 0 Å². The SMILES string of the molecule is CCCC(C)(C)CC.CCCCc1nc2c(N)nc3ccccc3c2n1CCN1CCN(C(=O)CCC)CC1.CNC(C=O)CCCCNC=O. The summed E-state index contributed by atoms with van der Waals surface area (Å²) in [6.45, 7) is 19.4. The normalized spacial score (nSPS) is 14.0. The molecule has 2 aromatic heterocycles. The molecule has 3 aromatic rings. The van der Waals surface area contributed by atoms with Gasteiger partial charge in [-0.05, 0) is 57.1 Å². The number of aromatic nitrogens is 3. The van der Waals surface area contributed by atoms with Crippen LogP contribution in [0.15, 0.2) is 24.3 Å². The van der Waals surface area contributed by atoms with E-state index in [9.17, 15) is 14.4 Å². The second-order valence-electron chi connectivity index (χ2n) is 14.3. The molecule has 1 aliphatic heterocycles. The van der Waals surface area contributed by atoms with Gasteiger partial charge in [0, 0.05) is 64.0 Å². The number of nitrogens with zero attached hydrogens (tertiary/aromatic N) is 5. The third-order valence-corrected chi connectivity index (χ3v) is 9.86. The number of rotatable bonds is 19. The first kappa shape index (κ1) is 43.6. The van der Waals surface area contributed by atoms with Crippen molar-refractivity contribution in [2.24, 2.45) is 5.41 Å². The van der Waals surface area contributed by atoms with Crippen molar-refractivity contribution in [3.8, 4) is 0 Å². The predicted octanol–water partition coefficient (Wildman–Crippen LogP) is 6.37. The summed E-state index contributed by atoms with van der Waals surface area (Å²) in [7, 11) is 1.77. The maximum Gasteiger partial charge on any atom is 0.222 e. The quantitative estimate of drug-likeness (QED) is 0.0966. The van der Waals surface area contributed by atoms with Crippen molar-refractivity contribution in [1.29, 1.82) is 0 Å². The Morgan fingerprint density at radius 1 is 0.961 bits per heavy atom. The van der Waals surface area contributed by atoms with Gasteiger partial charge >= 0.3 is 0 Å². The average Bonchev–Trinajstić information content (AvgIpc) is 3.51. The molecule has 286 valence electrons. The molecule has 1 fully saturated rings. The van der Waals surface area contributed by atoms with E-state index in [0.29, 0.717) is 36.5 Å². The second kappa shape index (κ2) is 23.8. The fourth-order valence-electron chi connectivity index (χ4n) is 6.29. The number of likely N-dealkylation sites (N-methyl/N-ethyl adjacent to an activating group) is 1. The zero-order valence-corrected chi connectivity index (χ0v) is 32.8.